The SMILES string of the molecule is Cl.N[C@@H](CCC(F)(F)F)c1cc(F)ccc1[N+](=O)[O-]. The quantitative estimate of drug-likeness (QED) is 0.526. The number of halogens is 5. The van der Waals surface area contributed by atoms with Crippen LogP contribution in [0, 0.1) is 15.9 Å². The summed E-state index contributed by atoms with van der Waals surface area (Å²) in [6.45, 7) is 0. The standard InChI is InChI=1S/C10H10F4N2O2.ClH/c11-6-1-2-9(16(17)18)7(5-6)8(15)3-4-10(12,13)14;/h1-2,5,8H,3-4,15H2;1H/t8-;/m0./s1. The van der Waals surface area contributed by atoms with Gasteiger partial charge in [0.05, 0.1) is 4.92 Å². The molecule has 0 aliphatic carbocycles. The van der Waals surface area contributed by atoms with E-state index < -0.39 is 41.5 Å². The Morgan fingerprint density at radius 2 is 1.95 bits per heavy atom. The summed E-state index contributed by atoms with van der Waals surface area (Å²) in [5.74, 6) is -0.780. The van der Waals surface area contributed by atoms with Gasteiger partial charge >= 0.3 is 6.18 Å². The van der Waals surface area contributed by atoms with Crippen LogP contribution in [0.2, 0.25) is 0 Å². The Balaban J connectivity index is 0.00000324. The molecule has 0 saturated carbocycles. The van der Waals surface area contributed by atoms with Gasteiger partial charge in [0.2, 0.25) is 0 Å². The van der Waals surface area contributed by atoms with Crippen LogP contribution in [0.1, 0.15) is 24.4 Å². The van der Waals surface area contributed by atoms with E-state index in [1.165, 1.54) is 0 Å². The first-order valence-electron chi connectivity index (χ1n) is 4.97. The maximum absolute atomic E-state index is 12.9. The molecule has 0 fully saturated rings. The highest BCUT2D eigenvalue weighted by molar-refractivity contribution is 5.85. The highest BCUT2D eigenvalue weighted by Crippen LogP contribution is 2.30. The minimum absolute atomic E-state index is 0. The van der Waals surface area contributed by atoms with Crippen molar-refractivity contribution in [2.75, 3.05) is 0 Å². The van der Waals surface area contributed by atoms with Crippen molar-refractivity contribution in [3.05, 3.63) is 39.7 Å². The van der Waals surface area contributed by atoms with Crippen molar-refractivity contribution < 1.29 is 22.5 Å². The Labute approximate surface area is 112 Å². The lowest BCUT2D eigenvalue weighted by atomic mass is 10.0. The zero-order valence-electron chi connectivity index (χ0n) is 9.48. The van der Waals surface area contributed by atoms with Crippen LogP contribution in [0.4, 0.5) is 23.2 Å². The average Bonchev–Trinajstić information content (AvgIpc) is 2.24. The highest BCUT2D eigenvalue weighted by Gasteiger charge is 2.29. The van der Waals surface area contributed by atoms with Crippen molar-refractivity contribution in [1.29, 1.82) is 0 Å². The molecule has 0 aliphatic heterocycles. The van der Waals surface area contributed by atoms with Crippen molar-refractivity contribution >= 4 is 18.1 Å². The summed E-state index contributed by atoms with van der Waals surface area (Å²) < 4.78 is 49.0. The first kappa shape index (κ1) is 17.6. The van der Waals surface area contributed by atoms with E-state index in [4.69, 9.17) is 5.73 Å². The third-order valence-electron chi connectivity index (χ3n) is 2.32. The van der Waals surface area contributed by atoms with Crippen LogP contribution < -0.4 is 5.73 Å². The topological polar surface area (TPSA) is 69.2 Å². The highest BCUT2D eigenvalue weighted by atomic mass is 35.5. The van der Waals surface area contributed by atoms with Crippen LogP contribution in [0.25, 0.3) is 0 Å². The van der Waals surface area contributed by atoms with E-state index in [-0.39, 0.29) is 18.0 Å². The van der Waals surface area contributed by atoms with Gasteiger partial charge < -0.3 is 5.73 Å². The summed E-state index contributed by atoms with van der Waals surface area (Å²) in [7, 11) is 0. The lowest BCUT2D eigenvalue weighted by molar-refractivity contribution is -0.385. The van der Waals surface area contributed by atoms with Gasteiger partial charge in [0.1, 0.15) is 5.82 Å². The van der Waals surface area contributed by atoms with Gasteiger partial charge in [-0.15, -0.1) is 12.4 Å². The van der Waals surface area contributed by atoms with E-state index >= 15 is 0 Å². The van der Waals surface area contributed by atoms with Crippen LogP contribution >= 0.6 is 12.4 Å². The predicted octanol–water partition coefficient (Wildman–Crippen LogP) is 3.50. The lowest BCUT2D eigenvalue weighted by Crippen LogP contribution is -2.17. The second-order valence-electron chi connectivity index (χ2n) is 3.72. The molecule has 0 aliphatic rings. The maximum Gasteiger partial charge on any atom is 0.389 e. The molecular weight excluding hydrogens is 292 g/mol. The Morgan fingerprint density at radius 3 is 2.42 bits per heavy atom. The first-order chi connectivity index (χ1) is 8.20. The van der Waals surface area contributed by atoms with E-state index in [9.17, 15) is 27.7 Å². The van der Waals surface area contributed by atoms with Gasteiger partial charge in [-0.05, 0) is 18.6 Å². The molecule has 4 nitrogen and oxygen atoms in total. The molecule has 1 aromatic rings. The van der Waals surface area contributed by atoms with Gasteiger partial charge in [-0.1, -0.05) is 0 Å². The van der Waals surface area contributed by atoms with Crippen LogP contribution in [0.3, 0.4) is 0 Å². The normalized spacial score (nSPS) is 12.7. The second-order valence-corrected chi connectivity index (χ2v) is 3.72. The number of nitro benzene ring substituents is 1. The molecule has 0 unspecified atom stereocenters. The van der Waals surface area contributed by atoms with Crippen molar-refractivity contribution in [1.82, 2.24) is 0 Å². The van der Waals surface area contributed by atoms with Crippen molar-refractivity contribution in [3.63, 3.8) is 0 Å². The number of benzene rings is 1. The van der Waals surface area contributed by atoms with Crippen molar-refractivity contribution in [3.8, 4) is 0 Å². The van der Waals surface area contributed by atoms with Crippen LogP contribution in [-0.2, 0) is 0 Å². The van der Waals surface area contributed by atoms with Crippen LogP contribution in [0.5, 0.6) is 0 Å². The zero-order valence-corrected chi connectivity index (χ0v) is 10.3. The van der Waals surface area contributed by atoms with Crippen molar-refractivity contribution in [2.45, 2.75) is 25.1 Å². The van der Waals surface area contributed by atoms with E-state index in [0.29, 0.717) is 0 Å². The molecule has 0 radical (unpaired) electrons. The largest absolute Gasteiger partial charge is 0.389 e. The molecule has 0 spiro atoms. The number of nitrogens with zero attached hydrogens (tertiary/aromatic N) is 1. The Kier molecular flexibility index (Phi) is 6.17. The third kappa shape index (κ3) is 5.39. The van der Waals surface area contributed by atoms with Crippen LogP contribution in [-0.4, -0.2) is 11.1 Å². The molecule has 0 amide bonds. The number of hydrogen-bond acceptors (Lipinski definition) is 3. The predicted molar refractivity (Wildman–Crippen MR) is 62.5 cm³/mol. The molecule has 9 heteroatoms. The van der Waals surface area contributed by atoms with Gasteiger partial charge in [0.25, 0.3) is 5.69 Å². The fourth-order valence-corrected chi connectivity index (χ4v) is 1.46. The van der Waals surface area contributed by atoms with E-state index in [1.807, 2.05) is 0 Å². The molecule has 0 bridgehead atoms. The molecule has 2 N–H and O–H groups in total. The Bertz CT molecular complexity index is 454. The minimum Gasteiger partial charge on any atom is -0.324 e. The van der Waals surface area contributed by atoms with Gasteiger partial charge in [-0.2, -0.15) is 13.2 Å². The number of nitrogens with two attached hydrogens (primary N) is 1. The molecule has 0 heterocycles. The maximum atomic E-state index is 12.9. The van der Waals surface area contributed by atoms with E-state index in [1.54, 1.807) is 0 Å². The molecular formula is C10H11ClF4N2O2. The number of hydrogen-bond donors (Lipinski definition) is 1. The number of nitro groups is 1. The second kappa shape index (κ2) is 6.67. The first-order valence-corrected chi connectivity index (χ1v) is 4.97. The molecule has 0 saturated heterocycles. The molecule has 1 atom stereocenters. The van der Waals surface area contributed by atoms with E-state index in [2.05, 4.69) is 0 Å². The zero-order chi connectivity index (χ0) is 13.9. The Hall–Kier alpha value is -1.41. The van der Waals surface area contributed by atoms with Crippen molar-refractivity contribution in [2.24, 2.45) is 5.73 Å². The van der Waals surface area contributed by atoms with Gasteiger partial charge in [0, 0.05) is 24.1 Å². The van der Waals surface area contributed by atoms with Crippen LogP contribution in [0.15, 0.2) is 18.2 Å². The summed E-state index contributed by atoms with van der Waals surface area (Å²) in [5, 5.41) is 10.6. The number of rotatable bonds is 4. The summed E-state index contributed by atoms with van der Waals surface area (Å²) in [4.78, 5) is 9.84. The molecule has 1 aromatic carbocycles. The molecule has 108 valence electrons. The van der Waals surface area contributed by atoms with Gasteiger partial charge in [0.15, 0.2) is 0 Å². The average molecular weight is 303 g/mol. The monoisotopic (exact) mass is 302 g/mol. The smallest absolute Gasteiger partial charge is 0.324 e. The summed E-state index contributed by atoms with van der Waals surface area (Å²) in [6.07, 6.45) is -6.12. The molecule has 1 rings (SSSR count). The summed E-state index contributed by atoms with van der Waals surface area (Å²) in [6, 6.07) is 1.30. The van der Waals surface area contributed by atoms with Gasteiger partial charge in [-0.3, -0.25) is 10.1 Å². The fraction of sp³-hybridized carbons (Fsp3) is 0.400. The molecule has 19 heavy (non-hydrogen) atoms. The summed E-state index contributed by atoms with van der Waals surface area (Å²) in [5.41, 5.74) is 4.73. The summed E-state index contributed by atoms with van der Waals surface area (Å²) >= 11 is 0. The van der Waals surface area contributed by atoms with E-state index in [0.717, 1.165) is 18.2 Å². The minimum atomic E-state index is -4.40. The number of alkyl halides is 3. The lowest BCUT2D eigenvalue weighted by Gasteiger charge is -2.13. The van der Waals surface area contributed by atoms with Gasteiger partial charge in [-0.25, -0.2) is 4.39 Å². The fourth-order valence-electron chi connectivity index (χ4n) is 1.46. The molecule has 0 aromatic heterocycles. The Morgan fingerprint density at radius 1 is 1.37 bits per heavy atom. The third-order valence-corrected chi connectivity index (χ3v) is 2.32.